The highest BCUT2D eigenvalue weighted by Crippen LogP contribution is 2.27. The van der Waals surface area contributed by atoms with Crippen molar-refractivity contribution in [1.82, 2.24) is 9.80 Å². The first-order valence-electron chi connectivity index (χ1n) is 10.7. The lowest BCUT2D eigenvalue weighted by atomic mass is 10.0. The second-order valence-electron chi connectivity index (χ2n) is 7.97. The maximum Gasteiger partial charge on any atom is 0.430 e. The summed E-state index contributed by atoms with van der Waals surface area (Å²) >= 11 is 6.11. The van der Waals surface area contributed by atoms with Crippen LogP contribution >= 0.6 is 11.6 Å². The van der Waals surface area contributed by atoms with Gasteiger partial charge in [0.1, 0.15) is 11.7 Å². The average molecular weight is 509 g/mol. The molecule has 7 nitrogen and oxygen atoms in total. The molecule has 3 N–H and O–H groups in total. The Morgan fingerprint density at radius 1 is 1.06 bits per heavy atom. The summed E-state index contributed by atoms with van der Waals surface area (Å²) in [5, 5.41) is 9.41. The Balaban J connectivity index is 1.83. The number of carboxylic acids is 1. The molecule has 0 spiro atoms. The predicted octanol–water partition coefficient (Wildman–Crippen LogP) is 4.10. The smallest absolute Gasteiger partial charge is 0.430 e. The topological polar surface area (TPSA) is 99.2 Å². The average Bonchev–Trinajstić information content (AvgIpc) is 2.83. The maximum atomic E-state index is 13.1. The number of para-hydroxylation sites is 1. The van der Waals surface area contributed by atoms with Gasteiger partial charge >= 0.3 is 12.1 Å². The van der Waals surface area contributed by atoms with Crippen LogP contribution in [-0.4, -0.2) is 70.9 Å². The van der Waals surface area contributed by atoms with Crippen molar-refractivity contribution in [3.05, 3.63) is 76.5 Å². The van der Waals surface area contributed by atoms with Crippen molar-refractivity contribution in [3.8, 4) is 0 Å². The first-order valence-corrected chi connectivity index (χ1v) is 11.1. The molecular weight excluding hydrogens is 485 g/mol. The number of rotatable bonds is 6. The largest absolute Gasteiger partial charge is 0.480 e. The number of nitrogens with zero attached hydrogens (tertiary/aromatic N) is 3. The molecule has 1 aliphatic rings. The van der Waals surface area contributed by atoms with Gasteiger partial charge in [0.05, 0.1) is 16.4 Å². The number of aliphatic imine (C=N–C) groups is 1. The molecule has 1 saturated heterocycles. The molecule has 1 amide bonds. The number of carbonyl (C=O) groups excluding carboxylic acids is 1. The summed E-state index contributed by atoms with van der Waals surface area (Å²) in [5.41, 5.74) is 4.77. The Bertz CT molecular complexity index is 1140. The molecule has 0 radical (unpaired) electrons. The van der Waals surface area contributed by atoms with E-state index in [4.69, 9.17) is 22.4 Å². The molecule has 11 heteroatoms. The fraction of sp³-hybridized carbons (Fsp3) is 0.292. The molecule has 3 rings (SSSR count). The summed E-state index contributed by atoms with van der Waals surface area (Å²) in [4.78, 5) is 31.7. The summed E-state index contributed by atoms with van der Waals surface area (Å²) in [6.45, 7) is 3.17. The van der Waals surface area contributed by atoms with Gasteiger partial charge in [0, 0.05) is 37.3 Å². The minimum Gasteiger partial charge on any atom is -0.480 e. The number of aliphatic carboxylic acids is 1. The molecule has 1 atom stereocenters. The highest BCUT2D eigenvalue weighted by atomic mass is 35.5. The van der Waals surface area contributed by atoms with Gasteiger partial charge in [-0.05, 0) is 37.3 Å². The van der Waals surface area contributed by atoms with E-state index in [1.807, 2.05) is 0 Å². The van der Waals surface area contributed by atoms with E-state index in [-0.39, 0.29) is 22.3 Å². The second kappa shape index (κ2) is 10.9. The number of hydrogen-bond acceptors (Lipinski definition) is 5. The Labute approximate surface area is 205 Å². The number of carboxylic acid groups (broad SMARTS) is 1. The SMILES string of the molecule is CC(C(=O)O)N1CCN(C(=O)c2ccc(C(/C=C(\N)C(F)(F)F)=Nc3ccccc3Cl)cc2)CC1. The molecule has 2 aromatic carbocycles. The number of alkyl halides is 3. The van der Waals surface area contributed by atoms with Crippen LogP contribution in [0.15, 0.2) is 65.3 Å². The first kappa shape index (κ1) is 26.2. The van der Waals surface area contributed by atoms with Crippen LogP contribution in [0.5, 0.6) is 0 Å². The number of piperazine rings is 1. The zero-order valence-corrected chi connectivity index (χ0v) is 19.6. The van der Waals surface area contributed by atoms with E-state index in [1.165, 1.54) is 24.3 Å². The summed E-state index contributed by atoms with van der Waals surface area (Å²) in [5.74, 6) is -1.18. The lowest BCUT2D eigenvalue weighted by Crippen LogP contribution is -2.53. The van der Waals surface area contributed by atoms with Crippen LogP contribution in [0.3, 0.4) is 0 Å². The zero-order valence-electron chi connectivity index (χ0n) is 18.8. The van der Waals surface area contributed by atoms with Crippen molar-refractivity contribution in [1.29, 1.82) is 0 Å². The predicted molar refractivity (Wildman–Crippen MR) is 127 cm³/mol. The normalized spacial score (nSPS) is 16.8. The van der Waals surface area contributed by atoms with E-state index in [0.717, 1.165) is 6.08 Å². The van der Waals surface area contributed by atoms with Crippen LogP contribution in [0.25, 0.3) is 0 Å². The van der Waals surface area contributed by atoms with Crippen LogP contribution in [-0.2, 0) is 4.79 Å². The van der Waals surface area contributed by atoms with E-state index < -0.39 is 23.9 Å². The van der Waals surface area contributed by atoms with Gasteiger partial charge in [-0.3, -0.25) is 14.5 Å². The Morgan fingerprint density at radius 3 is 2.17 bits per heavy atom. The summed E-state index contributed by atoms with van der Waals surface area (Å²) in [6, 6.07) is 11.8. The summed E-state index contributed by atoms with van der Waals surface area (Å²) < 4.78 is 39.2. The third kappa shape index (κ3) is 6.61. The molecule has 0 aromatic heterocycles. The number of hydrogen-bond donors (Lipinski definition) is 2. The van der Waals surface area contributed by atoms with Crippen LogP contribution in [0.4, 0.5) is 18.9 Å². The zero-order chi connectivity index (χ0) is 25.8. The highest BCUT2D eigenvalue weighted by Gasteiger charge is 2.32. The molecule has 35 heavy (non-hydrogen) atoms. The molecule has 1 aliphatic heterocycles. The van der Waals surface area contributed by atoms with Crippen molar-refractivity contribution in [2.45, 2.75) is 19.1 Å². The molecule has 0 aliphatic carbocycles. The van der Waals surface area contributed by atoms with E-state index in [2.05, 4.69) is 4.99 Å². The number of amides is 1. The van der Waals surface area contributed by atoms with E-state index in [9.17, 15) is 22.8 Å². The lowest BCUT2D eigenvalue weighted by molar-refractivity contribution is -0.143. The van der Waals surface area contributed by atoms with Crippen molar-refractivity contribution in [3.63, 3.8) is 0 Å². The summed E-state index contributed by atoms with van der Waals surface area (Å²) in [7, 11) is 0. The monoisotopic (exact) mass is 508 g/mol. The molecular formula is C24H24ClF3N4O3. The lowest BCUT2D eigenvalue weighted by Gasteiger charge is -2.36. The van der Waals surface area contributed by atoms with Gasteiger partial charge in [-0.2, -0.15) is 13.2 Å². The number of halogens is 4. The minimum atomic E-state index is -4.74. The van der Waals surface area contributed by atoms with Crippen molar-refractivity contribution >= 4 is 34.9 Å². The van der Waals surface area contributed by atoms with Gasteiger partial charge in [-0.15, -0.1) is 0 Å². The third-order valence-electron chi connectivity index (χ3n) is 5.65. The molecule has 0 saturated carbocycles. The maximum absolute atomic E-state index is 13.1. The van der Waals surface area contributed by atoms with Crippen molar-refractivity contribution < 1.29 is 27.9 Å². The van der Waals surface area contributed by atoms with Crippen LogP contribution < -0.4 is 5.73 Å². The fourth-order valence-electron chi connectivity index (χ4n) is 3.52. The Hall–Kier alpha value is -3.37. The Kier molecular flexibility index (Phi) is 8.18. The minimum absolute atomic E-state index is 0.0665. The first-order chi connectivity index (χ1) is 16.5. The standard InChI is InChI=1S/C24H24ClF3N4O3/c1-15(23(34)35)31-10-12-32(13-11-31)22(33)17-8-6-16(7-9-17)20(14-21(29)24(26,27)28)30-19-5-3-2-4-18(19)25/h2-9,14-15H,10-13,29H2,1H3,(H,34,35)/b21-14-,30-20?. The summed E-state index contributed by atoms with van der Waals surface area (Å²) in [6.07, 6.45) is -4.01. The van der Waals surface area contributed by atoms with Crippen molar-refractivity contribution in [2.75, 3.05) is 26.2 Å². The molecule has 2 aromatic rings. The van der Waals surface area contributed by atoms with Crippen LogP contribution in [0.2, 0.25) is 5.02 Å². The Morgan fingerprint density at radius 2 is 1.63 bits per heavy atom. The van der Waals surface area contributed by atoms with E-state index in [1.54, 1.807) is 41.0 Å². The van der Waals surface area contributed by atoms with E-state index >= 15 is 0 Å². The quantitative estimate of drug-likeness (QED) is 0.572. The molecule has 1 unspecified atom stereocenters. The van der Waals surface area contributed by atoms with Gasteiger partial charge in [0.15, 0.2) is 0 Å². The second-order valence-corrected chi connectivity index (χ2v) is 8.37. The molecule has 186 valence electrons. The molecule has 0 bridgehead atoms. The number of benzene rings is 2. The molecule has 1 heterocycles. The van der Waals surface area contributed by atoms with Crippen molar-refractivity contribution in [2.24, 2.45) is 10.7 Å². The number of nitrogens with two attached hydrogens (primary N) is 1. The molecule has 1 fully saturated rings. The van der Waals surface area contributed by atoms with Gasteiger partial charge < -0.3 is 15.7 Å². The third-order valence-corrected chi connectivity index (χ3v) is 5.97. The van der Waals surface area contributed by atoms with E-state index in [0.29, 0.717) is 37.3 Å². The van der Waals surface area contributed by atoms with Gasteiger partial charge in [0.2, 0.25) is 0 Å². The van der Waals surface area contributed by atoms with Crippen LogP contribution in [0, 0.1) is 0 Å². The highest BCUT2D eigenvalue weighted by molar-refractivity contribution is 6.33. The van der Waals surface area contributed by atoms with Gasteiger partial charge in [-0.1, -0.05) is 35.9 Å². The van der Waals surface area contributed by atoms with Crippen LogP contribution in [0.1, 0.15) is 22.8 Å². The fourth-order valence-corrected chi connectivity index (χ4v) is 3.69. The van der Waals surface area contributed by atoms with Gasteiger partial charge in [0.25, 0.3) is 5.91 Å². The number of carbonyl (C=O) groups is 2. The number of allylic oxidation sites excluding steroid dienone is 2. The van der Waals surface area contributed by atoms with Gasteiger partial charge in [-0.25, -0.2) is 4.99 Å².